The van der Waals surface area contributed by atoms with Gasteiger partial charge in [-0.1, -0.05) is 24.3 Å². The van der Waals surface area contributed by atoms with Crippen molar-refractivity contribution in [2.24, 2.45) is 0 Å². The second kappa shape index (κ2) is 4.34. The van der Waals surface area contributed by atoms with Crippen LogP contribution in [0.1, 0.15) is 29.3 Å². The fourth-order valence-electron chi connectivity index (χ4n) is 3.03. The molecule has 0 radical (unpaired) electrons. The number of benzene rings is 1. The molecule has 1 unspecified atom stereocenters. The number of hydrogen-bond donors (Lipinski definition) is 1. The van der Waals surface area contributed by atoms with E-state index in [2.05, 4.69) is 45.7 Å². The van der Waals surface area contributed by atoms with Crippen LogP contribution in [-0.2, 0) is 6.42 Å². The van der Waals surface area contributed by atoms with Gasteiger partial charge in [0.05, 0.1) is 11.7 Å². The van der Waals surface area contributed by atoms with Crippen LogP contribution < -0.4 is 5.32 Å². The van der Waals surface area contributed by atoms with Gasteiger partial charge in [-0.2, -0.15) is 5.10 Å². The first kappa shape index (κ1) is 11.5. The van der Waals surface area contributed by atoms with Crippen LogP contribution in [-0.4, -0.2) is 14.6 Å². The van der Waals surface area contributed by atoms with Crippen LogP contribution in [0.25, 0.3) is 5.52 Å². The summed E-state index contributed by atoms with van der Waals surface area (Å²) in [5.74, 6) is 0.912. The van der Waals surface area contributed by atoms with Crippen LogP contribution in [0.5, 0.6) is 0 Å². The number of aryl methyl sites for hydroxylation is 2. The Bertz CT molecular complexity index is 775. The maximum Gasteiger partial charge on any atom is 0.152 e. The average Bonchev–Trinajstić information content (AvgIpc) is 3.03. The minimum atomic E-state index is 0.347. The summed E-state index contributed by atoms with van der Waals surface area (Å²) in [6.07, 6.45) is 5.93. The Labute approximate surface area is 117 Å². The van der Waals surface area contributed by atoms with E-state index in [4.69, 9.17) is 0 Å². The first-order valence-corrected chi connectivity index (χ1v) is 6.96. The normalized spacial score (nSPS) is 17.4. The molecule has 4 rings (SSSR count). The second-order valence-electron chi connectivity index (χ2n) is 5.33. The molecule has 3 aromatic rings. The Morgan fingerprint density at radius 1 is 1.30 bits per heavy atom. The number of fused-ring (bicyclic) bond motifs is 2. The third-order valence-corrected chi connectivity index (χ3v) is 3.96. The summed E-state index contributed by atoms with van der Waals surface area (Å²) < 4.78 is 1.88. The molecular weight excluding hydrogens is 248 g/mol. The molecule has 1 aliphatic carbocycles. The Balaban J connectivity index is 1.72. The zero-order valence-corrected chi connectivity index (χ0v) is 11.4. The number of nitrogens with one attached hydrogen (secondary N) is 1. The van der Waals surface area contributed by atoms with Crippen molar-refractivity contribution in [3.05, 3.63) is 59.5 Å². The van der Waals surface area contributed by atoms with Crippen molar-refractivity contribution in [2.45, 2.75) is 25.8 Å². The van der Waals surface area contributed by atoms with Gasteiger partial charge < -0.3 is 5.32 Å². The van der Waals surface area contributed by atoms with E-state index in [0.29, 0.717) is 6.04 Å². The number of rotatable bonds is 2. The van der Waals surface area contributed by atoms with Gasteiger partial charge in [-0.15, -0.1) is 0 Å². The molecule has 1 aromatic carbocycles. The van der Waals surface area contributed by atoms with Crippen LogP contribution in [0.2, 0.25) is 0 Å². The van der Waals surface area contributed by atoms with Gasteiger partial charge in [-0.3, -0.25) is 0 Å². The molecule has 0 saturated carbocycles. The Morgan fingerprint density at radius 3 is 3.15 bits per heavy atom. The van der Waals surface area contributed by atoms with E-state index >= 15 is 0 Å². The van der Waals surface area contributed by atoms with Crippen molar-refractivity contribution in [2.75, 3.05) is 5.32 Å². The second-order valence-corrected chi connectivity index (χ2v) is 5.33. The number of hydrogen-bond acceptors (Lipinski definition) is 3. The fourth-order valence-corrected chi connectivity index (χ4v) is 3.03. The molecular formula is C16H16N4. The molecule has 0 saturated heterocycles. The first-order chi connectivity index (χ1) is 9.81. The highest BCUT2D eigenvalue weighted by atomic mass is 15.2. The average molecular weight is 264 g/mol. The molecule has 1 aliphatic rings. The van der Waals surface area contributed by atoms with Crippen molar-refractivity contribution < 1.29 is 0 Å². The largest absolute Gasteiger partial charge is 0.361 e. The predicted octanol–water partition coefficient (Wildman–Crippen LogP) is 3.14. The van der Waals surface area contributed by atoms with Gasteiger partial charge in [0.15, 0.2) is 5.82 Å². The lowest BCUT2D eigenvalue weighted by Gasteiger charge is -2.15. The van der Waals surface area contributed by atoms with Gasteiger partial charge in [-0.05, 0) is 37.0 Å². The Kier molecular flexibility index (Phi) is 2.49. The molecule has 4 nitrogen and oxygen atoms in total. The first-order valence-electron chi connectivity index (χ1n) is 6.96. The van der Waals surface area contributed by atoms with Crippen LogP contribution >= 0.6 is 0 Å². The summed E-state index contributed by atoms with van der Waals surface area (Å²) in [7, 11) is 0. The van der Waals surface area contributed by atoms with Gasteiger partial charge in [-0.25, -0.2) is 9.50 Å². The molecule has 100 valence electrons. The van der Waals surface area contributed by atoms with Crippen LogP contribution in [0, 0.1) is 6.92 Å². The summed E-state index contributed by atoms with van der Waals surface area (Å²) in [5, 5.41) is 8.01. The molecule has 2 aromatic heterocycles. The number of nitrogens with zero attached hydrogens (tertiary/aromatic N) is 3. The van der Waals surface area contributed by atoms with Gasteiger partial charge in [0.1, 0.15) is 5.52 Å². The van der Waals surface area contributed by atoms with Crippen LogP contribution in [0.4, 0.5) is 5.82 Å². The zero-order chi connectivity index (χ0) is 13.5. The summed E-state index contributed by atoms with van der Waals surface area (Å²) in [5.41, 5.74) is 4.89. The number of anilines is 1. The van der Waals surface area contributed by atoms with E-state index in [0.717, 1.165) is 29.9 Å². The highest BCUT2D eigenvalue weighted by Gasteiger charge is 2.22. The molecule has 0 bridgehead atoms. The van der Waals surface area contributed by atoms with Crippen molar-refractivity contribution in [1.29, 1.82) is 0 Å². The van der Waals surface area contributed by atoms with Crippen molar-refractivity contribution in [1.82, 2.24) is 14.6 Å². The highest BCUT2D eigenvalue weighted by molar-refractivity contribution is 5.68. The maximum atomic E-state index is 4.48. The monoisotopic (exact) mass is 264 g/mol. The highest BCUT2D eigenvalue weighted by Crippen LogP contribution is 2.33. The SMILES string of the molecule is Cc1cc2c(NC3CCc4ccccc43)nccn2n1. The van der Waals surface area contributed by atoms with Crippen LogP contribution in [0.3, 0.4) is 0 Å². The molecule has 2 heterocycles. The molecule has 20 heavy (non-hydrogen) atoms. The lowest BCUT2D eigenvalue weighted by molar-refractivity contribution is 0.756. The van der Waals surface area contributed by atoms with Gasteiger partial charge in [0, 0.05) is 12.4 Å². The number of aromatic nitrogens is 3. The maximum absolute atomic E-state index is 4.48. The van der Waals surface area contributed by atoms with Crippen molar-refractivity contribution in [3.63, 3.8) is 0 Å². The zero-order valence-electron chi connectivity index (χ0n) is 11.4. The van der Waals surface area contributed by atoms with Crippen LogP contribution in [0.15, 0.2) is 42.7 Å². The van der Waals surface area contributed by atoms with E-state index in [1.165, 1.54) is 11.1 Å². The van der Waals surface area contributed by atoms with E-state index in [1.54, 1.807) is 6.20 Å². The van der Waals surface area contributed by atoms with E-state index in [9.17, 15) is 0 Å². The molecule has 1 N–H and O–H groups in total. The standard InChI is InChI=1S/C16H16N4/c1-11-10-15-16(17-8-9-20(15)19-11)18-14-7-6-12-4-2-3-5-13(12)14/h2-5,8-10,14H,6-7H2,1H3,(H,17,18). The van der Waals surface area contributed by atoms with E-state index in [-0.39, 0.29) is 0 Å². The third-order valence-electron chi connectivity index (χ3n) is 3.96. The van der Waals surface area contributed by atoms with Crippen molar-refractivity contribution >= 4 is 11.3 Å². The lowest BCUT2D eigenvalue weighted by Crippen LogP contribution is -2.09. The van der Waals surface area contributed by atoms with Crippen molar-refractivity contribution in [3.8, 4) is 0 Å². The minimum Gasteiger partial charge on any atom is -0.361 e. The van der Waals surface area contributed by atoms with Gasteiger partial charge >= 0.3 is 0 Å². The third kappa shape index (κ3) is 1.76. The smallest absolute Gasteiger partial charge is 0.152 e. The summed E-state index contributed by atoms with van der Waals surface area (Å²) in [6, 6.07) is 11.1. The molecule has 1 atom stereocenters. The molecule has 0 spiro atoms. The Morgan fingerprint density at radius 2 is 2.20 bits per heavy atom. The fraction of sp³-hybridized carbons (Fsp3) is 0.250. The minimum absolute atomic E-state index is 0.347. The molecule has 0 amide bonds. The van der Waals surface area contributed by atoms with E-state index < -0.39 is 0 Å². The van der Waals surface area contributed by atoms with Gasteiger partial charge in [0.2, 0.25) is 0 Å². The molecule has 4 heteroatoms. The summed E-state index contributed by atoms with van der Waals surface area (Å²) in [6.45, 7) is 2.00. The summed E-state index contributed by atoms with van der Waals surface area (Å²) in [4.78, 5) is 4.48. The Hall–Kier alpha value is -2.36. The quantitative estimate of drug-likeness (QED) is 0.773. The predicted molar refractivity (Wildman–Crippen MR) is 78.9 cm³/mol. The van der Waals surface area contributed by atoms with Gasteiger partial charge in [0.25, 0.3) is 0 Å². The lowest BCUT2D eigenvalue weighted by atomic mass is 10.1. The molecule has 0 fully saturated rings. The molecule has 0 aliphatic heterocycles. The topological polar surface area (TPSA) is 42.2 Å². The van der Waals surface area contributed by atoms with E-state index in [1.807, 2.05) is 17.6 Å². The summed E-state index contributed by atoms with van der Waals surface area (Å²) >= 11 is 0.